The third-order valence-corrected chi connectivity index (χ3v) is 4.88. The van der Waals surface area contributed by atoms with E-state index in [1.165, 1.54) is 0 Å². The molecule has 1 aromatic rings. The van der Waals surface area contributed by atoms with Crippen molar-refractivity contribution in [2.75, 3.05) is 6.54 Å². The molecule has 0 saturated heterocycles. The lowest BCUT2D eigenvalue weighted by Gasteiger charge is -2.34. The maximum absolute atomic E-state index is 12.7. The maximum Gasteiger partial charge on any atom is 0.391 e. The minimum absolute atomic E-state index is 0.164. The van der Waals surface area contributed by atoms with Crippen LogP contribution in [0.5, 0.6) is 0 Å². The molecule has 0 heterocycles. The Bertz CT molecular complexity index is 422. The van der Waals surface area contributed by atoms with Gasteiger partial charge in [-0.2, -0.15) is 13.2 Å². The summed E-state index contributed by atoms with van der Waals surface area (Å²) in [5, 5.41) is 0. The fourth-order valence-electron chi connectivity index (χ4n) is 3.16. The molecule has 2 rings (SSSR count). The first-order chi connectivity index (χ1) is 9.41. The molecule has 0 aliphatic heterocycles. The number of nitrogens with two attached hydrogens (primary N) is 1. The molecule has 20 heavy (non-hydrogen) atoms. The molecule has 0 spiro atoms. The average molecular weight is 350 g/mol. The third-order valence-electron chi connectivity index (χ3n) is 4.36. The molecule has 112 valence electrons. The van der Waals surface area contributed by atoms with E-state index in [-0.39, 0.29) is 24.7 Å². The summed E-state index contributed by atoms with van der Waals surface area (Å²) in [4.78, 5) is 0. The molecule has 1 nitrogen and oxygen atoms in total. The highest BCUT2D eigenvalue weighted by molar-refractivity contribution is 9.10. The van der Waals surface area contributed by atoms with E-state index < -0.39 is 12.1 Å². The number of rotatable bonds is 3. The van der Waals surface area contributed by atoms with Gasteiger partial charge in [0.2, 0.25) is 0 Å². The van der Waals surface area contributed by atoms with Gasteiger partial charge >= 0.3 is 6.18 Å². The second-order valence-electron chi connectivity index (χ2n) is 5.55. The standard InChI is InChI=1S/C15H19BrF3N/c16-13-7-3-11(4-8-13)14(9-20)10-1-5-12(6-2-10)15(17,18)19/h3-4,7-8,10,12,14H,1-2,5-6,9,20H2/t10?,12?,14-/m1/s1. The molecule has 1 aliphatic carbocycles. The van der Waals surface area contributed by atoms with Gasteiger partial charge in [-0.3, -0.25) is 0 Å². The number of alkyl halides is 3. The highest BCUT2D eigenvalue weighted by Gasteiger charge is 2.42. The predicted molar refractivity (Wildman–Crippen MR) is 77.4 cm³/mol. The highest BCUT2D eigenvalue weighted by atomic mass is 79.9. The lowest BCUT2D eigenvalue weighted by atomic mass is 9.73. The van der Waals surface area contributed by atoms with E-state index in [0.717, 1.165) is 10.0 Å². The predicted octanol–water partition coefficient (Wildman–Crippen LogP) is 4.86. The van der Waals surface area contributed by atoms with Crippen LogP contribution < -0.4 is 5.73 Å². The smallest absolute Gasteiger partial charge is 0.330 e. The Kier molecular flexibility index (Phi) is 5.13. The van der Waals surface area contributed by atoms with Crippen LogP contribution in [-0.2, 0) is 0 Å². The number of hydrogen-bond acceptors (Lipinski definition) is 1. The van der Waals surface area contributed by atoms with E-state index in [2.05, 4.69) is 15.9 Å². The van der Waals surface area contributed by atoms with Crippen LogP contribution in [-0.4, -0.2) is 12.7 Å². The Labute approximate surface area is 125 Å². The van der Waals surface area contributed by atoms with E-state index in [4.69, 9.17) is 5.73 Å². The molecule has 0 unspecified atom stereocenters. The fourth-order valence-corrected chi connectivity index (χ4v) is 3.42. The Hall–Kier alpha value is -0.550. The molecule has 1 atom stereocenters. The van der Waals surface area contributed by atoms with E-state index in [9.17, 15) is 13.2 Å². The van der Waals surface area contributed by atoms with Gasteiger partial charge in [0.15, 0.2) is 0 Å². The van der Waals surface area contributed by atoms with Crippen molar-refractivity contribution < 1.29 is 13.2 Å². The molecule has 2 N–H and O–H groups in total. The molecule has 1 aromatic carbocycles. The summed E-state index contributed by atoms with van der Waals surface area (Å²) >= 11 is 3.39. The second-order valence-corrected chi connectivity index (χ2v) is 6.46. The van der Waals surface area contributed by atoms with Gasteiger partial charge in [-0.1, -0.05) is 28.1 Å². The van der Waals surface area contributed by atoms with Crippen LogP contribution in [0.25, 0.3) is 0 Å². The molecule has 1 saturated carbocycles. The third kappa shape index (κ3) is 3.76. The van der Waals surface area contributed by atoms with Crippen molar-refractivity contribution in [2.24, 2.45) is 17.6 Å². The second kappa shape index (κ2) is 6.48. The van der Waals surface area contributed by atoms with Crippen LogP contribution in [0.15, 0.2) is 28.7 Å². The van der Waals surface area contributed by atoms with Crippen molar-refractivity contribution in [1.29, 1.82) is 0 Å². The first kappa shape index (κ1) is 15.8. The van der Waals surface area contributed by atoms with Crippen LogP contribution in [0, 0.1) is 11.8 Å². The van der Waals surface area contributed by atoms with Gasteiger partial charge in [0.25, 0.3) is 0 Å². The summed E-state index contributed by atoms with van der Waals surface area (Å²) < 4.78 is 39.1. The number of halogens is 4. The molecule has 0 aromatic heterocycles. The summed E-state index contributed by atoms with van der Waals surface area (Å²) in [6, 6.07) is 7.94. The van der Waals surface area contributed by atoms with Crippen LogP contribution in [0.2, 0.25) is 0 Å². The monoisotopic (exact) mass is 349 g/mol. The lowest BCUT2D eigenvalue weighted by molar-refractivity contribution is -0.184. The molecule has 0 radical (unpaired) electrons. The summed E-state index contributed by atoms with van der Waals surface area (Å²) in [7, 11) is 0. The van der Waals surface area contributed by atoms with Crippen LogP contribution in [0.1, 0.15) is 37.2 Å². The number of benzene rings is 1. The Morgan fingerprint density at radius 1 is 1.10 bits per heavy atom. The minimum atomic E-state index is -4.04. The van der Waals surface area contributed by atoms with Crippen molar-refractivity contribution in [1.82, 2.24) is 0 Å². The first-order valence-corrected chi connectivity index (χ1v) is 7.73. The Morgan fingerprint density at radius 2 is 1.65 bits per heavy atom. The minimum Gasteiger partial charge on any atom is -0.330 e. The van der Waals surface area contributed by atoms with Crippen LogP contribution >= 0.6 is 15.9 Å². The van der Waals surface area contributed by atoms with E-state index >= 15 is 0 Å². The summed E-state index contributed by atoms with van der Waals surface area (Å²) in [5.41, 5.74) is 6.99. The maximum atomic E-state index is 12.7. The largest absolute Gasteiger partial charge is 0.391 e. The van der Waals surface area contributed by atoms with Crippen LogP contribution in [0.3, 0.4) is 0 Å². The fraction of sp³-hybridized carbons (Fsp3) is 0.600. The topological polar surface area (TPSA) is 26.0 Å². The van der Waals surface area contributed by atoms with E-state index in [1.807, 2.05) is 24.3 Å². The van der Waals surface area contributed by atoms with Crippen molar-refractivity contribution in [3.63, 3.8) is 0 Å². The highest BCUT2D eigenvalue weighted by Crippen LogP contribution is 2.43. The summed E-state index contributed by atoms with van der Waals surface area (Å²) in [6.45, 7) is 0.489. The normalized spacial score (nSPS) is 25.4. The molecular formula is C15H19BrF3N. The van der Waals surface area contributed by atoms with Gasteiger partial charge < -0.3 is 5.73 Å². The zero-order valence-electron chi connectivity index (χ0n) is 11.2. The zero-order valence-corrected chi connectivity index (χ0v) is 12.8. The SMILES string of the molecule is NC[C@@H](c1ccc(Br)cc1)C1CCC(C(F)(F)F)CC1. The molecule has 1 fully saturated rings. The molecule has 5 heteroatoms. The van der Waals surface area contributed by atoms with Gasteiger partial charge in [0, 0.05) is 4.47 Å². The Balaban J connectivity index is 2.02. The van der Waals surface area contributed by atoms with Crippen molar-refractivity contribution in [3.8, 4) is 0 Å². The quantitative estimate of drug-likeness (QED) is 0.828. The van der Waals surface area contributed by atoms with Gasteiger partial charge in [-0.05, 0) is 61.8 Å². The van der Waals surface area contributed by atoms with Gasteiger partial charge in [-0.25, -0.2) is 0 Å². The number of hydrogen-bond donors (Lipinski definition) is 1. The van der Waals surface area contributed by atoms with Gasteiger partial charge in [-0.15, -0.1) is 0 Å². The molecule has 0 bridgehead atoms. The summed E-state index contributed by atoms with van der Waals surface area (Å²) in [6.07, 6.45) is -2.34. The van der Waals surface area contributed by atoms with Crippen molar-refractivity contribution in [2.45, 2.75) is 37.8 Å². The zero-order chi connectivity index (χ0) is 14.8. The summed E-state index contributed by atoms with van der Waals surface area (Å²) in [5.74, 6) is -0.695. The van der Waals surface area contributed by atoms with E-state index in [1.54, 1.807) is 0 Å². The molecule has 0 amide bonds. The first-order valence-electron chi connectivity index (χ1n) is 6.94. The van der Waals surface area contributed by atoms with E-state index in [0.29, 0.717) is 19.4 Å². The lowest BCUT2D eigenvalue weighted by Crippen LogP contribution is -2.31. The molecular weight excluding hydrogens is 331 g/mol. The molecule has 1 aliphatic rings. The van der Waals surface area contributed by atoms with Gasteiger partial charge in [0.05, 0.1) is 5.92 Å². The Morgan fingerprint density at radius 3 is 2.10 bits per heavy atom. The van der Waals surface area contributed by atoms with Crippen molar-refractivity contribution in [3.05, 3.63) is 34.3 Å². The average Bonchev–Trinajstić information content (AvgIpc) is 2.41. The van der Waals surface area contributed by atoms with Crippen molar-refractivity contribution >= 4 is 15.9 Å². The van der Waals surface area contributed by atoms with Crippen LogP contribution in [0.4, 0.5) is 13.2 Å². The van der Waals surface area contributed by atoms with Gasteiger partial charge in [0.1, 0.15) is 0 Å².